The minimum absolute atomic E-state index is 0.0583. The molecule has 0 bridgehead atoms. The van der Waals surface area contributed by atoms with Crippen molar-refractivity contribution >= 4 is 23.4 Å². The predicted octanol–water partition coefficient (Wildman–Crippen LogP) is 3.45. The number of non-ortho nitro benzene ring substituents is 1. The molecule has 168 valence electrons. The van der Waals surface area contributed by atoms with E-state index in [0.717, 1.165) is 5.56 Å². The van der Waals surface area contributed by atoms with Crippen molar-refractivity contribution in [2.24, 2.45) is 0 Å². The van der Waals surface area contributed by atoms with Gasteiger partial charge in [0.1, 0.15) is 0 Å². The third-order valence-electron chi connectivity index (χ3n) is 4.68. The van der Waals surface area contributed by atoms with Gasteiger partial charge in [0.15, 0.2) is 22.5 Å². The van der Waals surface area contributed by atoms with E-state index in [-0.39, 0.29) is 18.1 Å². The minimum atomic E-state index is -0.423. The highest BCUT2D eigenvalue weighted by Gasteiger charge is 2.15. The van der Waals surface area contributed by atoms with Gasteiger partial charge in [0.05, 0.1) is 25.7 Å². The van der Waals surface area contributed by atoms with E-state index >= 15 is 0 Å². The first-order chi connectivity index (χ1) is 15.5. The van der Waals surface area contributed by atoms with Crippen LogP contribution in [-0.2, 0) is 18.8 Å². The molecule has 10 nitrogen and oxygen atoms in total. The van der Waals surface area contributed by atoms with Gasteiger partial charge in [0.2, 0.25) is 0 Å². The number of nitrogens with one attached hydrogen (secondary N) is 1. The molecule has 1 N–H and O–H groups in total. The maximum absolute atomic E-state index is 12.6. The summed E-state index contributed by atoms with van der Waals surface area (Å²) < 4.78 is 12.4. The Kier molecular flexibility index (Phi) is 7.66. The average molecular weight is 458 g/mol. The molecule has 0 saturated carbocycles. The van der Waals surface area contributed by atoms with Gasteiger partial charge in [-0.15, -0.1) is 10.2 Å². The van der Waals surface area contributed by atoms with Gasteiger partial charge < -0.3 is 19.4 Å². The monoisotopic (exact) mass is 457 g/mol. The van der Waals surface area contributed by atoms with Crippen LogP contribution in [0.5, 0.6) is 11.5 Å². The number of nitrogens with zero attached hydrogens (tertiary/aromatic N) is 4. The second kappa shape index (κ2) is 10.6. The van der Waals surface area contributed by atoms with Crippen LogP contribution in [0, 0.1) is 10.1 Å². The second-order valence-corrected chi connectivity index (χ2v) is 7.55. The SMILES string of the molecule is CCn1c(CNC(=O)c2ccc(OC)c(OC)c2)nnc1SCc1ccc([N+](=O)[O-])cc1. The first kappa shape index (κ1) is 23.1. The van der Waals surface area contributed by atoms with E-state index in [9.17, 15) is 14.9 Å². The lowest BCUT2D eigenvalue weighted by molar-refractivity contribution is -0.384. The third-order valence-corrected chi connectivity index (χ3v) is 5.72. The Hall–Kier alpha value is -3.60. The molecule has 2 aromatic carbocycles. The van der Waals surface area contributed by atoms with Gasteiger partial charge in [-0.05, 0) is 30.7 Å². The molecule has 0 aliphatic rings. The smallest absolute Gasteiger partial charge is 0.269 e. The number of carbonyl (C=O) groups is 1. The number of nitro groups is 1. The molecular weight excluding hydrogens is 434 g/mol. The molecule has 1 heterocycles. The standard InChI is InChI=1S/C21H23N5O5S/c1-4-25-19(12-22-20(27)15-7-10-17(30-2)18(11-15)31-3)23-24-21(25)32-13-14-5-8-16(9-6-14)26(28)29/h5-11H,4,12-13H2,1-3H3,(H,22,27). The first-order valence-corrected chi connectivity index (χ1v) is 10.7. The molecule has 1 amide bonds. The summed E-state index contributed by atoms with van der Waals surface area (Å²) in [6.07, 6.45) is 0. The molecule has 0 aliphatic heterocycles. The van der Waals surface area contributed by atoms with Crippen LogP contribution in [0.1, 0.15) is 28.7 Å². The number of nitro benzene ring substituents is 1. The van der Waals surface area contributed by atoms with Crippen molar-refractivity contribution in [1.29, 1.82) is 0 Å². The zero-order valence-corrected chi connectivity index (χ0v) is 18.7. The van der Waals surface area contributed by atoms with Gasteiger partial charge in [0, 0.05) is 30.0 Å². The third kappa shape index (κ3) is 5.35. The molecule has 0 aliphatic carbocycles. The number of aromatic nitrogens is 3. The van der Waals surface area contributed by atoms with Crippen molar-refractivity contribution in [3.05, 3.63) is 69.5 Å². The number of rotatable bonds is 10. The van der Waals surface area contributed by atoms with Gasteiger partial charge in [-0.25, -0.2) is 0 Å². The van der Waals surface area contributed by atoms with Crippen LogP contribution in [0.3, 0.4) is 0 Å². The Morgan fingerprint density at radius 3 is 2.47 bits per heavy atom. The quantitative estimate of drug-likeness (QED) is 0.279. The van der Waals surface area contributed by atoms with Crippen molar-refractivity contribution < 1.29 is 19.2 Å². The summed E-state index contributed by atoms with van der Waals surface area (Å²) >= 11 is 1.48. The Morgan fingerprint density at radius 2 is 1.84 bits per heavy atom. The summed E-state index contributed by atoms with van der Waals surface area (Å²) in [6, 6.07) is 11.4. The maximum atomic E-state index is 12.6. The average Bonchev–Trinajstić information content (AvgIpc) is 3.22. The molecule has 0 unspecified atom stereocenters. The zero-order chi connectivity index (χ0) is 23.1. The number of methoxy groups -OCH3 is 2. The molecule has 0 atom stereocenters. The summed E-state index contributed by atoms with van der Waals surface area (Å²) in [7, 11) is 3.05. The molecule has 3 rings (SSSR count). The lowest BCUT2D eigenvalue weighted by Gasteiger charge is -2.11. The van der Waals surface area contributed by atoms with Gasteiger partial charge >= 0.3 is 0 Å². The predicted molar refractivity (Wildman–Crippen MR) is 119 cm³/mol. The van der Waals surface area contributed by atoms with Gasteiger partial charge in [0.25, 0.3) is 11.6 Å². The van der Waals surface area contributed by atoms with Crippen LogP contribution >= 0.6 is 11.8 Å². The Labute approximate surface area is 189 Å². The van der Waals surface area contributed by atoms with E-state index < -0.39 is 4.92 Å². The topological polar surface area (TPSA) is 121 Å². The van der Waals surface area contributed by atoms with Gasteiger partial charge in [-0.3, -0.25) is 14.9 Å². The van der Waals surface area contributed by atoms with E-state index in [4.69, 9.17) is 9.47 Å². The highest BCUT2D eigenvalue weighted by atomic mass is 32.2. The molecular formula is C21H23N5O5S. The molecule has 0 fully saturated rings. The van der Waals surface area contributed by atoms with Crippen molar-refractivity contribution in [3.8, 4) is 11.5 Å². The highest BCUT2D eigenvalue weighted by Crippen LogP contribution is 2.27. The van der Waals surface area contributed by atoms with Crippen molar-refractivity contribution in [1.82, 2.24) is 20.1 Å². The Morgan fingerprint density at radius 1 is 1.12 bits per heavy atom. The van der Waals surface area contributed by atoms with Crippen LogP contribution in [0.4, 0.5) is 5.69 Å². The van der Waals surface area contributed by atoms with E-state index in [0.29, 0.717) is 40.3 Å². The second-order valence-electron chi connectivity index (χ2n) is 6.61. The van der Waals surface area contributed by atoms with E-state index in [1.807, 2.05) is 11.5 Å². The number of ether oxygens (including phenoxy) is 2. The van der Waals surface area contributed by atoms with E-state index in [2.05, 4.69) is 15.5 Å². The number of carbonyl (C=O) groups excluding carboxylic acids is 1. The van der Waals surface area contributed by atoms with Crippen LogP contribution in [0.15, 0.2) is 47.6 Å². The highest BCUT2D eigenvalue weighted by molar-refractivity contribution is 7.98. The summed E-state index contributed by atoms with van der Waals surface area (Å²) in [5.74, 6) is 1.98. The summed E-state index contributed by atoms with van der Waals surface area (Å²) in [5.41, 5.74) is 1.44. The maximum Gasteiger partial charge on any atom is 0.269 e. The lowest BCUT2D eigenvalue weighted by atomic mass is 10.2. The zero-order valence-electron chi connectivity index (χ0n) is 17.9. The van der Waals surface area contributed by atoms with Crippen LogP contribution < -0.4 is 14.8 Å². The number of hydrogen-bond donors (Lipinski definition) is 1. The largest absolute Gasteiger partial charge is 0.493 e. The number of hydrogen-bond acceptors (Lipinski definition) is 8. The van der Waals surface area contributed by atoms with Crippen molar-refractivity contribution in [3.63, 3.8) is 0 Å². The van der Waals surface area contributed by atoms with Crippen LogP contribution in [0.2, 0.25) is 0 Å². The molecule has 0 saturated heterocycles. The van der Waals surface area contributed by atoms with Crippen molar-refractivity contribution in [2.75, 3.05) is 14.2 Å². The molecule has 1 aromatic heterocycles. The minimum Gasteiger partial charge on any atom is -0.493 e. The molecule has 0 spiro atoms. The first-order valence-electron chi connectivity index (χ1n) is 9.75. The Balaban J connectivity index is 1.63. The summed E-state index contributed by atoms with van der Waals surface area (Å²) in [6.45, 7) is 2.82. The molecule has 11 heteroatoms. The summed E-state index contributed by atoms with van der Waals surface area (Å²) in [5, 5.41) is 22.8. The van der Waals surface area contributed by atoms with Crippen LogP contribution in [0.25, 0.3) is 0 Å². The number of thioether (sulfide) groups is 1. The number of benzene rings is 2. The summed E-state index contributed by atoms with van der Waals surface area (Å²) in [4.78, 5) is 22.9. The fourth-order valence-electron chi connectivity index (χ4n) is 2.97. The fraction of sp³-hybridized carbons (Fsp3) is 0.286. The molecule has 0 radical (unpaired) electrons. The molecule has 3 aromatic rings. The number of amides is 1. The molecule has 32 heavy (non-hydrogen) atoms. The Bertz CT molecular complexity index is 1100. The van der Waals surface area contributed by atoms with Gasteiger partial charge in [-0.1, -0.05) is 23.9 Å². The van der Waals surface area contributed by atoms with Crippen LogP contribution in [-0.4, -0.2) is 39.8 Å². The lowest BCUT2D eigenvalue weighted by Crippen LogP contribution is -2.24. The van der Waals surface area contributed by atoms with E-state index in [1.54, 1.807) is 30.3 Å². The fourth-order valence-corrected chi connectivity index (χ4v) is 3.95. The van der Waals surface area contributed by atoms with Gasteiger partial charge in [-0.2, -0.15) is 0 Å². The van der Waals surface area contributed by atoms with E-state index in [1.165, 1.54) is 38.1 Å². The normalized spacial score (nSPS) is 10.6. The van der Waals surface area contributed by atoms with Crippen molar-refractivity contribution in [2.45, 2.75) is 30.9 Å².